The molecule has 1 saturated carbocycles. The van der Waals surface area contributed by atoms with Gasteiger partial charge >= 0.3 is 5.97 Å². The Morgan fingerprint density at radius 1 is 1.11 bits per heavy atom. The standard InChI is InChI=1S/C15H15FO2/c16-14(15(17)18)13-11-5-6-12(13)8-10-4-2-1-3-9(10)7-11/h1-4,11-12H,5-8H2,(H,17,18). The van der Waals surface area contributed by atoms with Crippen LogP contribution >= 0.6 is 0 Å². The summed E-state index contributed by atoms with van der Waals surface area (Å²) in [5, 5.41) is 8.87. The first-order chi connectivity index (χ1) is 8.66. The van der Waals surface area contributed by atoms with Crippen LogP contribution in [0.5, 0.6) is 0 Å². The lowest BCUT2D eigenvalue weighted by molar-refractivity contribution is -0.134. The van der Waals surface area contributed by atoms with Crippen LogP contribution in [0.1, 0.15) is 24.0 Å². The first-order valence-electron chi connectivity index (χ1n) is 6.36. The average Bonchev–Trinajstić information content (AvgIpc) is 2.64. The third-order valence-electron chi connectivity index (χ3n) is 4.24. The normalized spacial score (nSPS) is 25.5. The molecule has 2 nitrogen and oxygen atoms in total. The molecule has 0 amide bonds. The van der Waals surface area contributed by atoms with Gasteiger partial charge in [-0.2, -0.15) is 4.39 Å². The number of hydrogen-bond donors (Lipinski definition) is 1. The number of carbonyl (C=O) groups is 1. The van der Waals surface area contributed by atoms with Crippen molar-refractivity contribution in [3.63, 3.8) is 0 Å². The fraction of sp³-hybridized carbons (Fsp3) is 0.400. The molecule has 1 aromatic carbocycles. The Balaban J connectivity index is 2.06. The highest BCUT2D eigenvalue weighted by Gasteiger charge is 2.37. The van der Waals surface area contributed by atoms with Gasteiger partial charge in [0.1, 0.15) is 0 Å². The lowest BCUT2D eigenvalue weighted by Crippen LogP contribution is -2.10. The van der Waals surface area contributed by atoms with Crippen molar-refractivity contribution < 1.29 is 14.3 Å². The van der Waals surface area contributed by atoms with Gasteiger partial charge in [0.15, 0.2) is 0 Å². The second-order valence-corrected chi connectivity index (χ2v) is 5.22. The minimum atomic E-state index is -1.41. The molecule has 0 aliphatic heterocycles. The second-order valence-electron chi connectivity index (χ2n) is 5.22. The van der Waals surface area contributed by atoms with Gasteiger partial charge in [-0.15, -0.1) is 0 Å². The van der Waals surface area contributed by atoms with Crippen molar-refractivity contribution in [3.8, 4) is 0 Å². The molecule has 0 aromatic heterocycles. The molecular formula is C15H15FO2. The molecule has 1 fully saturated rings. The quantitative estimate of drug-likeness (QED) is 0.773. The van der Waals surface area contributed by atoms with E-state index in [0.717, 1.165) is 25.7 Å². The number of rotatable bonds is 1. The lowest BCUT2D eigenvalue weighted by Gasteiger charge is -2.12. The van der Waals surface area contributed by atoms with Gasteiger partial charge < -0.3 is 5.11 Å². The van der Waals surface area contributed by atoms with Crippen molar-refractivity contribution in [2.24, 2.45) is 11.8 Å². The van der Waals surface area contributed by atoms with E-state index in [1.807, 2.05) is 12.1 Å². The van der Waals surface area contributed by atoms with Crippen LogP contribution in [-0.2, 0) is 17.6 Å². The summed E-state index contributed by atoms with van der Waals surface area (Å²) in [7, 11) is 0. The van der Waals surface area contributed by atoms with E-state index < -0.39 is 11.8 Å². The van der Waals surface area contributed by atoms with Crippen molar-refractivity contribution >= 4 is 5.97 Å². The monoisotopic (exact) mass is 246 g/mol. The predicted octanol–water partition coefficient (Wildman–Crippen LogP) is 3.12. The van der Waals surface area contributed by atoms with Crippen LogP contribution in [-0.4, -0.2) is 11.1 Å². The maximum atomic E-state index is 13.8. The summed E-state index contributed by atoms with van der Waals surface area (Å²) in [5.74, 6) is -2.16. The van der Waals surface area contributed by atoms with Gasteiger partial charge in [0.25, 0.3) is 0 Å². The topological polar surface area (TPSA) is 37.3 Å². The summed E-state index contributed by atoms with van der Waals surface area (Å²) >= 11 is 0. The SMILES string of the molecule is O=C(O)C(F)=C1C2CCC1Cc1ccccc1C2. The highest BCUT2D eigenvalue weighted by Crippen LogP contribution is 2.45. The first-order valence-corrected chi connectivity index (χ1v) is 6.36. The number of allylic oxidation sites excluding steroid dienone is 1. The van der Waals surface area contributed by atoms with E-state index in [0.29, 0.717) is 5.57 Å². The Morgan fingerprint density at radius 3 is 2.06 bits per heavy atom. The number of hydrogen-bond acceptors (Lipinski definition) is 1. The van der Waals surface area contributed by atoms with E-state index in [4.69, 9.17) is 5.11 Å². The molecule has 94 valence electrons. The minimum absolute atomic E-state index is 0.0785. The molecule has 2 aliphatic carbocycles. The third-order valence-corrected chi connectivity index (χ3v) is 4.24. The number of carboxylic acids is 1. The minimum Gasteiger partial charge on any atom is -0.476 e. The zero-order chi connectivity index (χ0) is 12.7. The zero-order valence-electron chi connectivity index (χ0n) is 10.0. The van der Waals surface area contributed by atoms with E-state index in [1.165, 1.54) is 11.1 Å². The molecule has 18 heavy (non-hydrogen) atoms. The fourth-order valence-electron chi connectivity index (χ4n) is 3.44. The van der Waals surface area contributed by atoms with Gasteiger partial charge in [0, 0.05) is 0 Å². The van der Waals surface area contributed by atoms with E-state index in [9.17, 15) is 9.18 Å². The molecule has 2 bridgehead atoms. The van der Waals surface area contributed by atoms with Gasteiger partial charge in [-0.1, -0.05) is 24.3 Å². The molecule has 0 spiro atoms. The van der Waals surface area contributed by atoms with Gasteiger partial charge in [-0.25, -0.2) is 4.79 Å². The molecule has 0 saturated heterocycles. The molecule has 2 aliphatic rings. The van der Waals surface area contributed by atoms with Crippen LogP contribution in [0.4, 0.5) is 4.39 Å². The van der Waals surface area contributed by atoms with Crippen LogP contribution < -0.4 is 0 Å². The van der Waals surface area contributed by atoms with Crippen molar-refractivity contribution in [2.75, 3.05) is 0 Å². The molecule has 1 aromatic rings. The van der Waals surface area contributed by atoms with Gasteiger partial charge in [-0.3, -0.25) is 0 Å². The molecule has 2 unspecified atom stereocenters. The number of fused-ring (bicyclic) bond motifs is 3. The van der Waals surface area contributed by atoms with Crippen molar-refractivity contribution in [1.29, 1.82) is 0 Å². The maximum absolute atomic E-state index is 13.8. The highest BCUT2D eigenvalue weighted by molar-refractivity contribution is 5.85. The Bertz CT molecular complexity index is 498. The molecule has 2 atom stereocenters. The Morgan fingerprint density at radius 2 is 1.61 bits per heavy atom. The Labute approximate surface area is 105 Å². The molecule has 1 N–H and O–H groups in total. The number of aliphatic carboxylic acids is 1. The van der Waals surface area contributed by atoms with E-state index in [2.05, 4.69) is 12.1 Å². The highest BCUT2D eigenvalue weighted by atomic mass is 19.1. The number of benzene rings is 1. The van der Waals surface area contributed by atoms with E-state index in [1.54, 1.807) is 0 Å². The smallest absolute Gasteiger partial charge is 0.364 e. The number of halogens is 1. The van der Waals surface area contributed by atoms with Crippen molar-refractivity contribution in [1.82, 2.24) is 0 Å². The molecule has 0 radical (unpaired) electrons. The average molecular weight is 246 g/mol. The first kappa shape index (κ1) is 11.5. The number of carboxylic acid groups (broad SMARTS) is 1. The van der Waals surface area contributed by atoms with Crippen molar-refractivity contribution in [3.05, 3.63) is 46.8 Å². The largest absolute Gasteiger partial charge is 0.476 e. The predicted molar refractivity (Wildman–Crippen MR) is 65.8 cm³/mol. The van der Waals surface area contributed by atoms with Gasteiger partial charge in [0.2, 0.25) is 5.83 Å². The van der Waals surface area contributed by atoms with E-state index >= 15 is 0 Å². The lowest BCUT2D eigenvalue weighted by atomic mass is 9.93. The fourth-order valence-corrected chi connectivity index (χ4v) is 3.44. The summed E-state index contributed by atoms with van der Waals surface area (Å²) in [6.07, 6.45) is 3.38. The van der Waals surface area contributed by atoms with Crippen LogP contribution in [0.15, 0.2) is 35.7 Å². The summed E-state index contributed by atoms with van der Waals surface area (Å²) in [4.78, 5) is 10.9. The van der Waals surface area contributed by atoms with Gasteiger partial charge in [0.05, 0.1) is 0 Å². The molecular weight excluding hydrogens is 231 g/mol. The molecule has 3 heteroatoms. The maximum Gasteiger partial charge on any atom is 0.364 e. The molecule has 0 heterocycles. The third kappa shape index (κ3) is 1.74. The van der Waals surface area contributed by atoms with Crippen LogP contribution in [0, 0.1) is 11.8 Å². The zero-order valence-corrected chi connectivity index (χ0v) is 10.0. The summed E-state index contributed by atoms with van der Waals surface area (Å²) in [6.45, 7) is 0. The van der Waals surface area contributed by atoms with Gasteiger partial charge in [-0.05, 0) is 54.2 Å². The van der Waals surface area contributed by atoms with Crippen LogP contribution in [0.25, 0.3) is 0 Å². The van der Waals surface area contributed by atoms with Crippen LogP contribution in [0.3, 0.4) is 0 Å². The van der Waals surface area contributed by atoms with Crippen LogP contribution in [0.2, 0.25) is 0 Å². The Kier molecular flexibility index (Phi) is 2.69. The van der Waals surface area contributed by atoms with Crippen molar-refractivity contribution in [2.45, 2.75) is 25.7 Å². The summed E-state index contributed by atoms with van der Waals surface area (Å²) in [6, 6.07) is 8.14. The molecule has 3 rings (SSSR count). The second kappa shape index (κ2) is 4.23. The summed E-state index contributed by atoms with van der Waals surface area (Å²) < 4.78 is 13.8. The Hall–Kier alpha value is -1.64. The van der Waals surface area contributed by atoms with E-state index in [-0.39, 0.29) is 11.8 Å². The summed E-state index contributed by atoms with van der Waals surface area (Å²) in [5.41, 5.74) is 3.06.